The topological polar surface area (TPSA) is 108 Å². The zero-order valence-corrected chi connectivity index (χ0v) is 28.3. The van der Waals surface area contributed by atoms with Crippen molar-refractivity contribution in [2.24, 2.45) is 0 Å². The van der Waals surface area contributed by atoms with E-state index in [4.69, 9.17) is 4.74 Å². The molecule has 0 radical (unpaired) electrons. The van der Waals surface area contributed by atoms with E-state index in [9.17, 15) is 19.5 Å². The second-order valence-corrected chi connectivity index (χ2v) is 12.9. The first-order valence-corrected chi connectivity index (χ1v) is 16.3. The average Bonchev–Trinajstić information content (AvgIpc) is 3.00. The standard InChI is InChI=1S/C38H51N3O5/c1-7-8-9-10-14-24-41(36(44)32(40-37(45)46-38(4,5)6)25-29-20-22-31(42)23-21-29)34(33-27(2)16-15-17-28(33)3)35(43)39-26-30-18-12-11-13-19-30/h11-13,15-23,32,34,42H,7-10,14,24-26H2,1-6H3,(H,39,43)(H,40,45). The Bertz CT molecular complexity index is 1400. The van der Waals surface area contributed by atoms with Gasteiger partial charge in [-0.25, -0.2) is 4.79 Å². The highest BCUT2D eigenvalue weighted by molar-refractivity contribution is 5.92. The molecular formula is C38H51N3O5. The predicted octanol–water partition coefficient (Wildman–Crippen LogP) is 7.30. The average molecular weight is 630 g/mol. The van der Waals surface area contributed by atoms with E-state index in [2.05, 4.69) is 17.6 Å². The van der Waals surface area contributed by atoms with Gasteiger partial charge >= 0.3 is 6.09 Å². The van der Waals surface area contributed by atoms with Crippen molar-refractivity contribution in [3.8, 4) is 5.75 Å². The molecule has 0 heterocycles. The molecule has 0 aromatic heterocycles. The minimum absolute atomic E-state index is 0.102. The van der Waals surface area contributed by atoms with Gasteiger partial charge in [0.15, 0.2) is 0 Å². The molecule has 0 fully saturated rings. The van der Waals surface area contributed by atoms with Crippen molar-refractivity contribution in [3.05, 3.63) is 101 Å². The van der Waals surface area contributed by atoms with Crippen LogP contribution >= 0.6 is 0 Å². The lowest BCUT2D eigenvalue weighted by Gasteiger charge is -2.36. The molecule has 3 aromatic carbocycles. The Hall–Kier alpha value is -4.33. The summed E-state index contributed by atoms with van der Waals surface area (Å²) in [7, 11) is 0. The van der Waals surface area contributed by atoms with Gasteiger partial charge in [-0.1, -0.05) is 93.3 Å². The lowest BCUT2D eigenvalue weighted by Crippen LogP contribution is -2.54. The third-order valence-corrected chi connectivity index (χ3v) is 7.84. The first-order valence-electron chi connectivity index (χ1n) is 16.3. The smallest absolute Gasteiger partial charge is 0.408 e. The van der Waals surface area contributed by atoms with Crippen molar-refractivity contribution in [2.75, 3.05) is 6.54 Å². The Morgan fingerprint density at radius 1 is 0.826 bits per heavy atom. The van der Waals surface area contributed by atoms with Crippen molar-refractivity contribution in [3.63, 3.8) is 0 Å². The number of carbonyl (C=O) groups is 3. The maximum atomic E-state index is 14.8. The Labute approximate surface area is 274 Å². The second kappa shape index (κ2) is 17.4. The Kier molecular flexibility index (Phi) is 13.7. The van der Waals surface area contributed by atoms with Crippen LogP contribution in [0.25, 0.3) is 0 Å². The van der Waals surface area contributed by atoms with Crippen LogP contribution in [0, 0.1) is 13.8 Å². The zero-order chi connectivity index (χ0) is 33.7. The Balaban J connectivity index is 2.07. The number of amides is 3. The van der Waals surface area contributed by atoms with Crippen molar-refractivity contribution < 1.29 is 24.2 Å². The molecule has 3 aromatic rings. The van der Waals surface area contributed by atoms with Crippen LogP contribution in [0.4, 0.5) is 4.79 Å². The number of unbranched alkanes of at least 4 members (excludes halogenated alkanes) is 4. The molecule has 2 atom stereocenters. The molecule has 0 aliphatic carbocycles. The van der Waals surface area contributed by atoms with Crippen LogP contribution in [0.5, 0.6) is 5.75 Å². The van der Waals surface area contributed by atoms with E-state index in [1.54, 1.807) is 49.9 Å². The summed E-state index contributed by atoms with van der Waals surface area (Å²) in [6, 6.07) is 20.1. The summed E-state index contributed by atoms with van der Waals surface area (Å²) in [4.78, 5) is 43.8. The molecule has 0 spiro atoms. The SMILES string of the molecule is CCCCCCCN(C(=O)C(Cc1ccc(O)cc1)NC(=O)OC(C)(C)C)C(C(=O)NCc1ccccc1)c1c(C)cccc1C. The minimum atomic E-state index is -1.02. The number of hydrogen-bond acceptors (Lipinski definition) is 5. The number of nitrogens with zero attached hydrogens (tertiary/aromatic N) is 1. The van der Waals surface area contributed by atoms with Crippen LogP contribution in [0.3, 0.4) is 0 Å². The molecule has 0 aliphatic rings. The number of aromatic hydroxyl groups is 1. The number of phenolic OH excluding ortho intramolecular Hbond substituents is 1. The van der Waals surface area contributed by atoms with E-state index >= 15 is 0 Å². The number of hydrogen-bond donors (Lipinski definition) is 3. The molecule has 3 amide bonds. The van der Waals surface area contributed by atoms with Crippen molar-refractivity contribution >= 4 is 17.9 Å². The molecule has 0 bridgehead atoms. The molecular weight excluding hydrogens is 578 g/mol. The number of aryl methyl sites for hydroxylation is 2. The van der Waals surface area contributed by atoms with Crippen LogP contribution in [0.15, 0.2) is 72.8 Å². The molecule has 0 saturated heterocycles. The first kappa shape index (κ1) is 36.1. The van der Waals surface area contributed by atoms with E-state index in [0.29, 0.717) is 19.5 Å². The maximum absolute atomic E-state index is 14.8. The van der Waals surface area contributed by atoms with Crippen molar-refractivity contribution in [1.82, 2.24) is 15.5 Å². The molecule has 8 heteroatoms. The fourth-order valence-electron chi connectivity index (χ4n) is 5.54. The summed E-state index contributed by atoms with van der Waals surface area (Å²) in [6.45, 7) is 12.0. The number of rotatable bonds is 15. The van der Waals surface area contributed by atoms with Gasteiger partial charge < -0.3 is 25.4 Å². The summed E-state index contributed by atoms with van der Waals surface area (Å²) >= 11 is 0. The highest BCUT2D eigenvalue weighted by atomic mass is 16.6. The number of benzene rings is 3. The van der Waals surface area contributed by atoms with Gasteiger partial charge in [0.1, 0.15) is 23.4 Å². The highest BCUT2D eigenvalue weighted by Gasteiger charge is 2.37. The summed E-state index contributed by atoms with van der Waals surface area (Å²) in [5.41, 5.74) is 3.50. The quantitative estimate of drug-likeness (QED) is 0.153. The van der Waals surface area contributed by atoms with Crippen LogP contribution in [0.1, 0.15) is 93.7 Å². The van der Waals surface area contributed by atoms with E-state index in [1.807, 2.05) is 62.4 Å². The molecule has 46 heavy (non-hydrogen) atoms. The number of ether oxygens (including phenoxy) is 1. The first-order chi connectivity index (χ1) is 21.9. The molecule has 0 saturated carbocycles. The maximum Gasteiger partial charge on any atom is 0.408 e. The van der Waals surface area contributed by atoms with Gasteiger partial charge in [0.05, 0.1) is 0 Å². The summed E-state index contributed by atoms with van der Waals surface area (Å²) in [6.07, 6.45) is 4.25. The number of nitrogens with one attached hydrogen (secondary N) is 2. The third kappa shape index (κ3) is 11.2. The van der Waals surface area contributed by atoms with Gasteiger partial charge in [-0.05, 0) is 81.0 Å². The van der Waals surface area contributed by atoms with E-state index in [0.717, 1.165) is 53.5 Å². The molecule has 248 valence electrons. The van der Waals surface area contributed by atoms with Crippen LogP contribution in [-0.4, -0.2) is 46.1 Å². The van der Waals surface area contributed by atoms with Crippen LogP contribution < -0.4 is 10.6 Å². The van der Waals surface area contributed by atoms with E-state index in [1.165, 1.54) is 0 Å². The Morgan fingerprint density at radius 2 is 1.46 bits per heavy atom. The van der Waals surface area contributed by atoms with Gasteiger partial charge in [0, 0.05) is 19.5 Å². The second-order valence-electron chi connectivity index (χ2n) is 12.9. The number of alkyl carbamates (subject to hydrolysis) is 1. The fraction of sp³-hybridized carbons (Fsp3) is 0.447. The number of phenols is 1. The monoisotopic (exact) mass is 629 g/mol. The summed E-state index contributed by atoms with van der Waals surface area (Å²) in [5, 5.41) is 15.8. The summed E-state index contributed by atoms with van der Waals surface area (Å²) in [5.74, 6) is -0.564. The summed E-state index contributed by atoms with van der Waals surface area (Å²) < 4.78 is 5.56. The van der Waals surface area contributed by atoms with E-state index in [-0.39, 0.29) is 24.0 Å². The highest BCUT2D eigenvalue weighted by Crippen LogP contribution is 2.30. The third-order valence-electron chi connectivity index (χ3n) is 7.84. The molecule has 2 unspecified atom stereocenters. The van der Waals surface area contributed by atoms with Gasteiger partial charge in [-0.2, -0.15) is 0 Å². The molecule has 0 aliphatic heterocycles. The van der Waals surface area contributed by atoms with Gasteiger partial charge in [0.2, 0.25) is 11.8 Å². The molecule has 8 nitrogen and oxygen atoms in total. The number of carbonyl (C=O) groups excluding carboxylic acids is 3. The van der Waals surface area contributed by atoms with Gasteiger partial charge in [-0.15, -0.1) is 0 Å². The lowest BCUT2D eigenvalue weighted by molar-refractivity contribution is -0.142. The molecule has 3 rings (SSSR count). The van der Waals surface area contributed by atoms with Crippen LogP contribution in [0.2, 0.25) is 0 Å². The lowest BCUT2D eigenvalue weighted by atomic mass is 9.92. The van der Waals surface area contributed by atoms with Crippen molar-refractivity contribution in [1.29, 1.82) is 0 Å². The predicted molar refractivity (Wildman–Crippen MR) is 182 cm³/mol. The van der Waals surface area contributed by atoms with E-state index < -0.39 is 23.8 Å². The van der Waals surface area contributed by atoms with Gasteiger partial charge in [0.25, 0.3) is 0 Å². The fourth-order valence-corrected chi connectivity index (χ4v) is 5.54. The Morgan fingerprint density at radius 3 is 2.07 bits per heavy atom. The van der Waals surface area contributed by atoms with Crippen molar-refractivity contribution in [2.45, 2.75) is 104 Å². The van der Waals surface area contributed by atoms with Gasteiger partial charge in [-0.3, -0.25) is 9.59 Å². The minimum Gasteiger partial charge on any atom is -0.508 e. The van der Waals surface area contributed by atoms with Crippen LogP contribution in [-0.2, 0) is 27.3 Å². The largest absolute Gasteiger partial charge is 0.508 e. The zero-order valence-electron chi connectivity index (χ0n) is 28.3. The molecule has 3 N–H and O–H groups in total. The normalized spacial score (nSPS) is 12.6.